The first kappa shape index (κ1) is 8.71. The second-order valence-electron chi connectivity index (χ2n) is 2.73. The molecule has 0 spiro atoms. The van der Waals surface area contributed by atoms with Crippen LogP contribution in [0.1, 0.15) is 5.69 Å². The van der Waals surface area contributed by atoms with Gasteiger partial charge in [-0.3, -0.25) is 4.84 Å². The maximum Gasteiger partial charge on any atom is 0.319 e. The van der Waals surface area contributed by atoms with Crippen molar-refractivity contribution in [2.75, 3.05) is 21.2 Å². The predicted molar refractivity (Wildman–Crippen MR) is 46.4 cm³/mol. The van der Waals surface area contributed by atoms with Crippen LogP contribution in [0.3, 0.4) is 0 Å². The van der Waals surface area contributed by atoms with Gasteiger partial charge in [-0.15, -0.1) is 0 Å². The van der Waals surface area contributed by atoms with E-state index in [4.69, 9.17) is 4.84 Å². The van der Waals surface area contributed by atoms with Gasteiger partial charge in [0, 0.05) is 16.9 Å². The van der Waals surface area contributed by atoms with Crippen LogP contribution in [-0.2, 0) is 0 Å². The summed E-state index contributed by atoms with van der Waals surface area (Å²) >= 11 is 0. The molecule has 0 N–H and O–H groups in total. The third-order valence-electron chi connectivity index (χ3n) is 1.44. The number of aromatic nitrogens is 1. The number of hydrogen-bond donors (Lipinski definition) is 0. The second kappa shape index (κ2) is 3.85. The molecule has 0 unspecified atom stereocenters. The topological polar surface area (TPSA) is 16.1 Å². The van der Waals surface area contributed by atoms with E-state index in [9.17, 15) is 0 Å². The Balaban J connectivity index is 3.05. The van der Waals surface area contributed by atoms with Gasteiger partial charge in [0.1, 0.15) is 21.2 Å². The molecule has 12 heavy (non-hydrogen) atoms. The maximum atomic E-state index is 5.10. The Bertz CT molecular complexity index is 290. The minimum atomic E-state index is 1.02. The highest BCUT2D eigenvalue weighted by Gasteiger charge is 2.09. The van der Waals surface area contributed by atoms with Crippen molar-refractivity contribution >= 4 is 6.21 Å². The van der Waals surface area contributed by atoms with Gasteiger partial charge in [0.2, 0.25) is 12.4 Å². The fourth-order valence-corrected chi connectivity index (χ4v) is 0.972. The van der Waals surface area contributed by atoms with Gasteiger partial charge in [0.15, 0.2) is 0 Å². The van der Waals surface area contributed by atoms with Crippen LogP contribution < -0.4 is 9.57 Å². The van der Waals surface area contributed by atoms with E-state index in [1.165, 1.54) is 0 Å². The van der Waals surface area contributed by atoms with Crippen LogP contribution in [0.15, 0.2) is 24.4 Å². The summed E-state index contributed by atoms with van der Waals surface area (Å²) in [5, 5.41) is 0. The van der Waals surface area contributed by atoms with Crippen LogP contribution in [0.5, 0.6) is 0 Å². The summed E-state index contributed by atoms with van der Waals surface area (Å²) in [5.74, 6) is 0. The summed E-state index contributed by atoms with van der Waals surface area (Å²) < 4.78 is 3.69. The van der Waals surface area contributed by atoms with Gasteiger partial charge in [0.25, 0.3) is 0 Å². The molecule has 0 saturated heterocycles. The normalized spacial score (nSPS) is 9.25. The highest BCUT2D eigenvalue weighted by Crippen LogP contribution is 1.84. The molecule has 3 nitrogen and oxygen atoms in total. The molecule has 0 fully saturated rings. The van der Waals surface area contributed by atoms with E-state index in [1.54, 1.807) is 11.8 Å². The second-order valence-corrected chi connectivity index (χ2v) is 2.73. The fraction of sp³-hybridized carbons (Fsp3) is 0.333. The lowest BCUT2D eigenvalue weighted by Crippen LogP contribution is -2.44. The van der Waals surface area contributed by atoms with Crippen molar-refractivity contribution < 1.29 is 14.1 Å². The molecule has 0 saturated carbocycles. The zero-order chi connectivity index (χ0) is 8.97. The van der Waals surface area contributed by atoms with Crippen LogP contribution in [-0.4, -0.2) is 32.0 Å². The Morgan fingerprint density at radius 2 is 2.17 bits per heavy atom. The monoisotopic (exact) mass is 166 g/mol. The summed E-state index contributed by atoms with van der Waals surface area (Å²) in [4.78, 5) is 5.10. The molecule has 0 atom stereocenters. The molecule has 1 heterocycles. The molecule has 64 valence electrons. The molecule has 1 aromatic heterocycles. The molecular formula is C9H14N2O+2. The Hall–Kier alpha value is -1.38. The van der Waals surface area contributed by atoms with Crippen molar-refractivity contribution in [1.29, 1.82) is 0 Å². The minimum absolute atomic E-state index is 1.02. The molecule has 1 rings (SSSR count). The molecule has 0 radical (unpaired) electrons. The predicted octanol–water partition coefficient (Wildman–Crippen LogP) is -0.277. The Morgan fingerprint density at radius 3 is 2.75 bits per heavy atom. The van der Waals surface area contributed by atoms with Gasteiger partial charge >= 0.3 is 5.69 Å². The molecule has 3 heteroatoms. The third kappa shape index (κ3) is 2.05. The quantitative estimate of drug-likeness (QED) is 0.436. The van der Waals surface area contributed by atoms with Crippen LogP contribution in [0, 0.1) is 0 Å². The number of pyridine rings is 1. The maximum absolute atomic E-state index is 5.10. The van der Waals surface area contributed by atoms with Crippen molar-refractivity contribution in [3.8, 4) is 0 Å². The molecular weight excluding hydrogens is 152 g/mol. The SMILES string of the molecule is CO[n+]1ccccc1C=[N+](C)C. The zero-order valence-corrected chi connectivity index (χ0v) is 7.69. The number of rotatable bonds is 2. The van der Waals surface area contributed by atoms with E-state index < -0.39 is 0 Å². The Morgan fingerprint density at radius 1 is 1.42 bits per heavy atom. The molecule has 1 aromatic rings. The number of hydrogen-bond acceptors (Lipinski definition) is 1. The highest BCUT2D eigenvalue weighted by molar-refractivity contribution is 5.70. The first-order valence-corrected chi connectivity index (χ1v) is 3.80. The van der Waals surface area contributed by atoms with Crippen molar-refractivity contribution in [3.63, 3.8) is 0 Å². The van der Waals surface area contributed by atoms with Crippen LogP contribution in [0.2, 0.25) is 0 Å². The van der Waals surface area contributed by atoms with Gasteiger partial charge in [-0.05, 0) is 6.07 Å². The van der Waals surface area contributed by atoms with Crippen molar-refractivity contribution in [2.45, 2.75) is 0 Å². The van der Waals surface area contributed by atoms with E-state index in [0.29, 0.717) is 0 Å². The Labute approximate surface area is 72.5 Å². The van der Waals surface area contributed by atoms with Crippen molar-refractivity contribution in [1.82, 2.24) is 0 Å². The highest BCUT2D eigenvalue weighted by atomic mass is 16.6. The van der Waals surface area contributed by atoms with E-state index in [1.807, 2.05) is 49.3 Å². The van der Waals surface area contributed by atoms with Gasteiger partial charge in [-0.2, -0.15) is 0 Å². The van der Waals surface area contributed by atoms with Gasteiger partial charge in [-0.25, -0.2) is 4.58 Å². The lowest BCUT2D eigenvalue weighted by Gasteiger charge is -1.92. The summed E-state index contributed by atoms with van der Waals surface area (Å²) in [7, 11) is 5.60. The lowest BCUT2D eigenvalue weighted by molar-refractivity contribution is -0.886. The van der Waals surface area contributed by atoms with E-state index in [0.717, 1.165) is 5.69 Å². The molecule has 0 bridgehead atoms. The summed E-state index contributed by atoms with van der Waals surface area (Å²) in [5.41, 5.74) is 1.02. The summed E-state index contributed by atoms with van der Waals surface area (Å²) in [6, 6.07) is 5.89. The molecule has 0 aliphatic heterocycles. The summed E-state index contributed by atoms with van der Waals surface area (Å²) in [6.45, 7) is 0. The third-order valence-corrected chi connectivity index (χ3v) is 1.44. The van der Waals surface area contributed by atoms with Crippen molar-refractivity contribution in [3.05, 3.63) is 30.1 Å². The summed E-state index contributed by atoms with van der Waals surface area (Å²) in [6.07, 6.45) is 3.86. The van der Waals surface area contributed by atoms with Crippen LogP contribution in [0.4, 0.5) is 0 Å². The smallest absolute Gasteiger partial charge is 0.274 e. The largest absolute Gasteiger partial charge is 0.319 e. The van der Waals surface area contributed by atoms with Gasteiger partial charge in [-0.1, -0.05) is 0 Å². The Kier molecular flexibility index (Phi) is 2.80. The van der Waals surface area contributed by atoms with Gasteiger partial charge < -0.3 is 0 Å². The average Bonchev–Trinajstić information content (AvgIpc) is 2.04. The number of nitrogens with zero attached hydrogens (tertiary/aromatic N) is 2. The van der Waals surface area contributed by atoms with Crippen molar-refractivity contribution in [2.24, 2.45) is 0 Å². The standard InChI is InChI=1S/C9H14N2O/c1-10(2)8-9-6-4-5-7-11(9)12-3/h4-8H,1-3H3/q+2. The van der Waals surface area contributed by atoms with E-state index in [-0.39, 0.29) is 0 Å². The first-order chi connectivity index (χ1) is 5.74. The first-order valence-electron chi connectivity index (χ1n) is 3.80. The van der Waals surface area contributed by atoms with E-state index >= 15 is 0 Å². The van der Waals surface area contributed by atoms with Crippen LogP contribution in [0.25, 0.3) is 0 Å². The lowest BCUT2D eigenvalue weighted by atomic mass is 10.4. The zero-order valence-electron chi connectivity index (χ0n) is 7.69. The fourth-order valence-electron chi connectivity index (χ4n) is 0.972. The molecule has 0 aromatic carbocycles. The van der Waals surface area contributed by atoms with E-state index in [2.05, 4.69) is 0 Å². The van der Waals surface area contributed by atoms with Crippen LogP contribution >= 0.6 is 0 Å². The average molecular weight is 166 g/mol. The molecule has 0 aliphatic carbocycles. The minimum Gasteiger partial charge on any atom is -0.274 e. The molecule has 0 amide bonds. The van der Waals surface area contributed by atoms with Gasteiger partial charge in [0.05, 0.1) is 0 Å². The molecule has 0 aliphatic rings.